The maximum atomic E-state index is 13.4. The number of guanidine groups is 1. The zero-order valence-electron chi connectivity index (χ0n) is 24.6. The van der Waals surface area contributed by atoms with E-state index in [1.54, 1.807) is 6.20 Å². The molecule has 0 aliphatic carbocycles. The van der Waals surface area contributed by atoms with Crippen molar-refractivity contribution >= 4 is 46.5 Å². The van der Waals surface area contributed by atoms with Gasteiger partial charge in [-0.05, 0) is 56.7 Å². The minimum absolute atomic E-state index is 0.0413. The molecule has 1 aromatic heterocycles. The molecule has 2 rings (SSSR count). The van der Waals surface area contributed by atoms with Gasteiger partial charge in [0.25, 0.3) is 0 Å². The summed E-state index contributed by atoms with van der Waals surface area (Å²) in [5.74, 6) is -4.21. The lowest BCUT2D eigenvalue weighted by Crippen LogP contribution is -2.57. The number of carboxylic acids is 1. The number of carboxylic acid groups (broad SMARTS) is 1. The highest BCUT2D eigenvalue weighted by Crippen LogP contribution is 2.19. The first-order valence-corrected chi connectivity index (χ1v) is 14.4. The van der Waals surface area contributed by atoms with E-state index in [1.165, 1.54) is 0 Å². The van der Waals surface area contributed by atoms with Crippen LogP contribution >= 0.6 is 0 Å². The van der Waals surface area contributed by atoms with Crippen LogP contribution in [0.2, 0.25) is 0 Å². The Hall–Kier alpha value is -4.70. The van der Waals surface area contributed by atoms with Gasteiger partial charge in [0.2, 0.25) is 23.6 Å². The number of H-pyrrole nitrogens is 1. The normalized spacial score (nSPS) is 13.7. The highest BCUT2D eigenvalue weighted by molar-refractivity contribution is 5.94. The van der Waals surface area contributed by atoms with E-state index in [-0.39, 0.29) is 44.6 Å². The van der Waals surface area contributed by atoms with Gasteiger partial charge in [0.15, 0.2) is 5.96 Å². The molecule has 1 aromatic carbocycles. The lowest BCUT2D eigenvalue weighted by atomic mass is 10.0. The fraction of sp³-hybridized carbons (Fsp3) is 0.500. The topological polar surface area (TPSA) is 300 Å². The summed E-state index contributed by atoms with van der Waals surface area (Å²) < 4.78 is 0. The van der Waals surface area contributed by atoms with Gasteiger partial charge < -0.3 is 54.7 Å². The first kappa shape index (κ1) is 35.5. The van der Waals surface area contributed by atoms with Crippen molar-refractivity contribution in [1.29, 1.82) is 0 Å². The molecule has 2 aromatic rings. The molecule has 0 radical (unpaired) electrons. The quantitative estimate of drug-likeness (QED) is 0.0444. The zero-order chi connectivity index (χ0) is 32.6. The molecule has 0 saturated heterocycles. The molecule has 4 unspecified atom stereocenters. The lowest BCUT2D eigenvalue weighted by molar-refractivity contribution is -0.142. The first-order chi connectivity index (χ1) is 20.9. The van der Waals surface area contributed by atoms with E-state index in [4.69, 9.17) is 28.7 Å². The number of unbranched alkanes of at least 4 members (excludes halogenated alkanes) is 1. The second-order valence-corrected chi connectivity index (χ2v) is 10.4. The second-order valence-electron chi connectivity index (χ2n) is 10.4. The third-order valence-corrected chi connectivity index (χ3v) is 6.91. The molecule has 44 heavy (non-hydrogen) atoms. The van der Waals surface area contributed by atoms with Crippen molar-refractivity contribution in [1.82, 2.24) is 20.9 Å². The van der Waals surface area contributed by atoms with Gasteiger partial charge in [0.1, 0.15) is 18.1 Å². The molecule has 1 heterocycles. The number of hydrogen-bond acceptors (Lipinski definition) is 8. The predicted octanol–water partition coefficient (Wildman–Crippen LogP) is -1.98. The lowest BCUT2D eigenvalue weighted by Gasteiger charge is -2.25. The Kier molecular flexibility index (Phi) is 14.6. The Morgan fingerprint density at radius 3 is 2.11 bits per heavy atom. The van der Waals surface area contributed by atoms with Crippen LogP contribution in [0.25, 0.3) is 10.9 Å². The smallest absolute Gasteiger partial charge is 0.326 e. The third kappa shape index (κ3) is 11.9. The number of nitrogens with zero attached hydrogens (tertiary/aromatic N) is 1. The minimum atomic E-state index is -1.34. The number of benzene rings is 1. The highest BCUT2D eigenvalue weighted by Gasteiger charge is 2.31. The van der Waals surface area contributed by atoms with E-state index in [0.29, 0.717) is 31.4 Å². The molecule has 0 bridgehead atoms. The number of aromatic amines is 1. The number of rotatable bonds is 20. The molecule has 0 fully saturated rings. The summed E-state index contributed by atoms with van der Waals surface area (Å²) in [7, 11) is 0. The summed E-state index contributed by atoms with van der Waals surface area (Å²) in [6, 6.07) is 2.61. The van der Waals surface area contributed by atoms with Crippen LogP contribution in [0.4, 0.5) is 0 Å². The molecule has 4 atom stereocenters. The van der Waals surface area contributed by atoms with Gasteiger partial charge >= 0.3 is 5.97 Å². The van der Waals surface area contributed by atoms with Gasteiger partial charge in [-0.15, -0.1) is 0 Å². The van der Waals surface area contributed by atoms with Gasteiger partial charge in [0, 0.05) is 36.5 Å². The highest BCUT2D eigenvalue weighted by atomic mass is 16.4. The predicted molar refractivity (Wildman–Crippen MR) is 165 cm³/mol. The van der Waals surface area contributed by atoms with Crippen LogP contribution < -0.4 is 44.6 Å². The standard InChI is InChI=1S/C28H44N10O6/c29-12-4-3-9-20(36-24(40)18(30)7-5-13-34-28(32)33)25(41)37-21(10-11-23(31)39)26(42)38-22(27(43)44)14-16-15-35-19-8-2-1-6-17(16)19/h1-2,6,8,15,18,20-22,35H,3-5,7,9-14,29-30H2,(H2,31,39)(H,36,40)(H,37,41)(H,38,42)(H,43,44)(H4,32,33,34). The summed E-state index contributed by atoms with van der Waals surface area (Å²) >= 11 is 0. The Labute approximate surface area is 254 Å². The van der Waals surface area contributed by atoms with E-state index in [0.717, 1.165) is 10.9 Å². The Morgan fingerprint density at radius 2 is 1.48 bits per heavy atom. The van der Waals surface area contributed by atoms with E-state index >= 15 is 0 Å². The number of hydrogen-bond donors (Lipinski definition) is 10. The summed E-state index contributed by atoms with van der Waals surface area (Å²) in [5.41, 5.74) is 28.9. The number of amides is 4. The van der Waals surface area contributed by atoms with Crippen LogP contribution in [0.3, 0.4) is 0 Å². The maximum absolute atomic E-state index is 13.4. The Morgan fingerprint density at radius 1 is 0.841 bits per heavy atom. The molecule has 0 aliphatic heterocycles. The minimum Gasteiger partial charge on any atom is -0.480 e. The second kappa shape index (κ2) is 18.1. The number of aromatic nitrogens is 1. The Bertz CT molecular complexity index is 1310. The molecule has 15 N–H and O–H groups in total. The molecule has 16 nitrogen and oxygen atoms in total. The fourth-order valence-electron chi connectivity index (χ4n) is 4.51. The van der Waals surface area contributed by atoms with Crippen molar-refractivity contribution in [2.75, 3.05) is 13.1 Å². The number of carbonyl (C=O) groups is 5. The third-order valence-electron chi connectivity index (χ3n) is 6.91. The van der Waals surface area contributed by atoms with Crippen LogP contribution in [0.1, 0.15) is 50.5 Å². The van der Waals surface area contributed by atoms with Gasteiger partial charge in [0.05, 0.1) is 6.04 Å². The molecule has 16 heteroatoms. The SMILES string of the molecule is NCCCCC(NC(=O)C(N)CCCN=C(N)N)C(=O)NC(CCC(N)=O)C(=O)NC(Cc1c[nH]c2ccccc12)C(=O)O. The van der Waals surface area contributed by atoms with Crippen molar-refractivity contribution in [3.8, 4) is 0 Å². The first-order valence-electron chi connectivity index (χ1n) is 14.4. The van der Waals surface area contributed by atoms with Crippen LogP contribution in [0, 0.1) is 0 Å². The number of aliphatic carboxylic acids is 1. The number of aliphatic imine (C=N–C) groups is 1. The van der Waals surface area contributed by atoms with Crippen molar-refractivity contribution < 1.29 is 29.1 Å². The Balaban J connectivity index is 2.15. The number of fused-ring (bicyclic) bond motifs is 1. The van der Waals surface area contributed by atoms with Gasteiger partial charge in [-0.2, -0.15) is 0 Å². The van der Waals surface area contributed by atoms with Crippen molar-refractivity contribution in [2.45, 2.75) is 75.5 Å². The number of primary amides is 1. The number of carbonyl (C=O) groups excluding carboxylic acids is 4. The fourth-order valence-corrected chi connectivity index (χ4v) is 4.51. The summed E-state index contributed by atoms with van der Waals surface area (Å²) in [4.78, 5) is 70.0. The molecule has 4 amide bonds. The molecular weight excluding hydrogens is 572 g/mol. The van der Waals surface area contributed by atoms with Crippen molar-refractivity contribution in [3.63, 3.8) is 0 Å². The van der Waals surface area contributed by atoms with E-state index < -0.39 is 53.8 Å². The van der Waals surface area contributed by atoms with E-state index in [9.17, 15) is 29.1 Å². The number of nitrogens with one attached hydrogen (secondary N) is 4. The summed E-state index contributed by atoms with van der Waals surface area (Å²) in [5, 5.41) is 18.3. The largest absolute Gasteiger partial charge is 0.480 e. The van der Waals surface area contributed by atoms with Gasteiger partial charge in [-0.1, -0.05) is 18.2 Å². The van der Waals surface area contributed by atoms with Crippen LogP contribution in [0.15, 0.2) is 35.5 Å². The molecular formula is C28H44N10O6. The van der Waals surface area contributed by atoms with Gasteiger partial charge in [-0.25, -0.2) is 4.79 Å². The van der Waals surface area contributed by atoms with Crippen LogP contribution in [0.5, 0.6) is 0 Å². The van der Waals surface area contributed by atoms with E-state index in [2.05, 4.69) is 25.9 Å². The summed E-state index contributed by atoms with van der Waals surface area (Å²) in [6.45, 7) is 0.640. The summed E-state index contributed by atoms with van der Waals surface area (Å²) in [6.07, 6.45) is 3.09. The molecule has 0 spiro atoms. The number of nitrogens with two attached hydrogens (primary N) is 5. The maximum Gasteiger partial charge on any atom is 0.326 e. The average Bonchev–Trinajstić information content (AvgIpc) is 3.38. The van der Waals surface area contributed by atoms with Crippen LogP contribution in [-0.2, 0) is 30.4 Å². The molecule has 0 saturated carbocycles. The monoisotopic (exact) mass is 616 g/mol. The number of para-hydroxylation sites is 1. The molecule has 0 aliphatic rings. The van der Waals surface area contributed by atoms with E-state index in [1.807, 2.05) is 24.3 Å². The van der Waals surface area contributed by atoms with Crippen molar-refractivity contribution in [2.24, 2.45) is 33.7 Å². The van der Waals surface area contributed by atoms with Gasteiger partial charge in [-0.3, -0.25) is 24.2 Å². The zero-order valence-corrected chi connectivity index (χ0v) is 24.6. The van der Waals surface area contributed by atoms with Crippen molar-refractivity contribution in [3.05, 3.63) is 36.0 Å². The molecule has 242 valence electrons. The van der Waals surface area contributed by atoms with Crippen LogP contribution in [-0.4, -0.2) is 82.9 Å². The average molecular weight is 617 g/mol.